The van der Waals surface area contributed by atoms with E-state index in [2.05, 4.69) is 0 Å². The Balaban J connectivity index is 1.42. The van der Waals surface area contributed by atoms with Gasteiger partial charge < -0.3 is 43.4 Å². The summed E-state index contributed by atoms with van der Waals surface area (Å²) < 4.78 is 43.9. The highest BCUT2D eigenvalue weighted by molar-refractivity contribution is 5.15. The van der Waals surface area contributed by atoms with Crippen LogP contribution >= 0.6 is 0 Å². The molecule has 232 valence electrons. The van der Waals surface area contributed by atoms with Gasteiger partial charge in [0.05, 0.1) is 32.0 Å². The lowest BCUT2D eigenvalue weighted by molar-refractivity contribution is -0.365. The maximum atomic E-state index is 11.1. The van der Waals surface area contributed by atoms with Crippen LogP contribution < -0.4 is 0 Å². The summed E-state index contributed by atoms with van der Waals surface area (Å²) >= 11 is 0. The van der Waals surface area contributed by atoms with Crippen molar-refractivity contribution in [3.05, 3.63) is 108 Å². The Morgan fingerprint density at radius 3 is 1.47 bits per heavy atom. The van der Waals surface area contributed by atoms with Crippen LogP contribution in [0.3, 0.4) is 0 Å². The summed E-state index contributed by atoms with van der Waals surface area (Å²) in [6, 6.07) is 29.2. The van der Waals surface area contributed by atoms with Crippen molar-refractivity contribution in [1.82, 2.24) is 0 Å². The van der Waals surface area contributed by atoms with E-state index < -0.39 is 61.4 Å². The van der Waals surface area contributed by atoms with E-state index in [1.807, 2.05) is 97.9 Å². The van der Waals surface area contributed by atoms with Crippen LogP contribution in [0.5, 0.6) is 0 Å². The van der Waals surface area contributed by atoms with Crippen molar-refractivity contribution >= 4 is 0 Å². The van der Waals surface area contributed by atoms with Gasteiger partial charge in [-0.05, 0) is 30.5 Å². The molecule has 9 heteroatoms. The summed E-state index contributed by atoms with van der Waals surface area (Å²) in [6.07, 6.45) is -8.41. The minimum atomic E-state index is -1.25. The first kappa shape index (κ1) is 31.7. The molecule has 3 aromatic rings. The van der Waals surface area contributed by atoms with Crippen molar-refractivity contribution in [2.45, 2.75) is 95.1 Å². The Morgan fingerprint density at radius 1 is 0.535 bits per heavy atom. The number of ether oxygens (including phenoxy) is 7. The van der Waals surface area contributed by atoms with Crippen molar-refractivity contribution in [2.75, 3.05) is 7.11 Å². The smallest absolute Gasteiger partial charge is 0.187 e. The normalized spacial score (nSPS) is 32.9. The third kappa shape index (κ3) is 8.07. The first-order valence-electron chi connectivity index (χ1n) is 14.8. The van der Waals surface area contributed by atoms with E-state index in [0.29, 0.717) is 6.61 Å². The summed E-state index contributed by atoms with van der Waals surface area (Å²) in [5.74, 6) is 0. The average molecular weight is 595 g/mol. The van der Waals surface area contributed by atoms with Crippen molar-refractivity contribution in [1.29, 1.82) is 0 Å². The lowest BCUT2D eigenvalue weighted by Gasteiger charge is -2.48. The monoisotopic (exact) mass is 594 g/mol. The number of hydrogen-bond acceptors (Lipinski definition) is 9. The SMILES string of the molecule is CO[C@H]1O[C@H](C)[C@@H](OCc2ccccc2)[C@H](O[C@H]2O[C@H](C)[C@@H](O)[C@@H](O)[C@H]2OCc2ccccc2)[C@@H]1OCc1ccccc1. The summed E-state index contributed by atoms with van der Waals surface area (Å²) in [7, 11) is 1.56. The predicted molar refractivity (Wildman–Crippen MR) is 158 cm³/mol. The average Bonchev–Trinajstić information content (AvgIpc) is 3.04. The minimum Gasteiger partial charge on any atom is -0.388 e. The van der Waals surface area contributed by atoms with Crippen LogP contribution in [-0.2, 0) is 53.0 Å². The van der Waals surface area contributed by atoms with Gasteiger partial charge in [0.15, 0.2) is 12.6 Å². The van der Waals surface area contributed by atoms with Crippen LogP contribution in [0.1, 0.15) is 30.5 Å². The molecule has 0 spiro atoms. The van der Waals surface area contributed by atoms with Gasteiger partial charge in [-0.1, -0.05) is 91.0 Å². The Kier molecular flexibility index (Phi) is 11.3. The maximum absolute atomic E-state index is 11.1. The number of methoxy groups -OCH3 is 1. The molecule has 3 aromatic carbocycles. The molecule has 0 aromatic heterocycles. The Bertz CT molecular complexity index is 1210. The van der Waals surface area contributed by atoms with Crippen LogP contribution in [0.25, 0.3) is 0 Å². The number of aliphatic hydroxyl groups excluding tert-OH is 2. The molecular weight excluding hydrogens is 552 g/mol. The quantitative estimate of drug-likeness (QED) is 0.322. The third-order valence-electron chi connectivity index (χ3n) is 7.89. The van der Waals surface area contributed by atoms with Gasteiger partial charge in [0.25, 0.3) is 0 Å². The van der Waals surface area contributed by atoms with Gasteiger partial charge in [-0.15, -0.1) is 0 Å². The second kappa shape index (κ2) is 15.3. The molecule has 0 aliphatic carbocycles. The molecule has 2 aliphatic heterocycles. The van der Waals surface area contributed by atoms with Crippen molar-refractivity contribution in [3.8, 4) is 0 Å². The molecule has 2 saturated heterocycles. The van der Waals surface area contributed by atoms with Gasteiger partial charge >= 0.3 is 0 Å². The van der Waals surface area contributed by atoms with Crippen LogP contribution in [0, 0.1) is 0 Å². The highest BCUT2D eigenvalue weighted by Crippen LogP contribution is 2.34. The van der Waals surface area contributed by atoms with Gasteiger partial charge in [0.1, 0.15) is 36.6 Å². The Hall–Kier alpha value is -2.70. The zero-order valence-electron chi connectivity index (χ0n) is 24.8. The number of rotatable bonds is 12. The van der Waals surface area contributed by atoms with E-state index >= 15 is 0 Å². The molecular formula is C34H42O9. The highest BCUT2D eigenvalue weighted by atomic mass is 16.7. The van der Waals surface area contributed by atoms with Crippen LogP contribution in [-0.4, -0.2) is 78.7 Å². The largest absolute Gasteiger partial charge is 0.388 e. The van der Waals surface area contributed by atoms with Gasteiger partial charge in [0.2, 0.25) is 0 Å². The lowest BCUT2D eigenvalue weighted by atomic mass is 9.97. The first-order valence-corrected chi connectivity index (χ1v) is 14.8. The molecule has 0 radical (unpaired) electrons. The zero-order chi connectivity index (χ0) is 30.2. The summed E-state index contributed by atoms with van der Waals surface area (Å²) in [6.45, 7) is 4.39. The zero-order valence-corrected chi connectivity index (χ0v) is 24.8. The minimum absolute atomic E-state index is 0.194. The summed E-state index contributed by atoms with van der Waals surface area (Å²) in [4.78, 5) is 0. The number of benzene rings is 3. The molecule has 0 amide bonds. The maximum Gasteiger partial charge on any atom is 0.187 e. The topological polar surface area (TPSA) is 105 Å². The van der Waals surface area contributed by atoms with E-state index in [1.54, 1.807) is 14.0 Å². The molecule has 2 N–H and O–H groups in total. The predicted octanol–water partition coefficient (Wildman–Crippen LogP) is 3.99. The third-order valence-corrected chi connectivity index (χ3v) is 7.89. The molecule has 10 atom stereocenters. The molecule has 0 bridgehead atoms. The fraction of sp³-hybridized carbons (Fsp3) is 0.471. The van der Waals surface area contributed by atoms with E-state index in [1.165, 1.54) is 0 Å². The molecule has 9 nitrogen and oxygen atoms in total. The molecule has 2 aliphatic rings. The summed E-state index contributed by atoms with van der Waals surface area (Å²) in [5, 5.41) is 21.8. The van der Waals surface area contributed by atoms with Gasteiger partial charge in [-0.3, -0.25) is 0 Å². The van der Waals surface area contributed by atoms with Crippen LogP contribution in [0.2, 0.25) is 0 Å². The molecule has 5 rings (SSSR count). The number of hydrogen-bond donors (Lipinski definition) is 2. The number of aliphatic hydroxyl groups is 2. The van der Waals surface area contributed by atoms with E-state index in [9.17, 15) is 10.2 Å². The lowest BCUT2D eigenvalue weighted by Crippen LogP contribution is -2.64. The molecule has 0 saturated carbocycles. The van der Waals surface area contributed by atoms with Crippen LogP contribution in [0.15, 0.2) is 91.0 Å². The second-order valence-electron chi connectivity index (χ2n) is 11.0. The Labute approximate surface area is 253 Å². The highest BCUT2D eigenvalue weighted by Gasteiger charge is 2.52. The molecule has 0 unspecified atom stereocenters. The molecule has 2 heterocycles. The van der Waals surface area contributed by atoms with Gasteiger partial charge in [-0.2, -0.15) is 0 Å². The standard InChI is InChI=1S/C34H42O9/c1-22-27(35)28(36)30(39-20-25-15-9-5-10-16-25)34(41-22)43-31-29(38-19-24-13-7-4-8-14-24)23(2)42-33(37-3)32(31)40-21-26-17-11-6-12-18-26/h4-18,22-23,27-36H,19-21H2,1-3H3/t22-,23-,27-,28-,29-,30-,31+,32+,33+,34-/m1/s1. The van der Waals surface area contributed by atoms with Crippen molar-refractivity contribution in [2.24, 2.45) is 0 Å². The van der Waals surface area contributed by atoms with E-state index in [4.69, 9.17) is 33.2 Å². The molecule has 2 fully saturated rings. The van der Waals surface area contributed by atoms with Crippen molar-refractivity contribution in [3.63, 3.8) is 0 Å². The fourth-order valence-electron chi connectivity index (χ4n) is 5.47. The molecule has 43 heavy (non-hydrogen) atoms. The van der Waals surface area contributed by atoms with E-state index in [0.717, 1.165) is 16.7 Å². The summed E-state index contributed by atoms with van der Waals surface area (Å²) in [5.41, 5.74) is 2.88. The second-order valence-corrected chi connectivity index (χ2v) is 11.0. The fourth-order valence-corrected chi connectivity index (χ4v) is 5.47. The Morgan fingerprint density at radius 2 is 0.977 bits per heavy atom. The first-order chi connectivity index (χ1) is 20.9. The van der Waals surface area contributed by atoms with Gasteiger partial charge in [0, 0.05) is 7.11 Å². The van der Waals surface area contributed by atoms with Gasteiger partial charge in [-0.25, -0.2) is 0 Å². The van der Waals surface area contributed by atoms with Crippen LogP contribution in [0.4, 0.5) is 0 Å². The van der Waals surface area contributed by atoms with E-state index in [-0.39, 0.29) is 13.2 Å². The van der Waals surface area contributed by atoms with Crippen molar-refractivity contribution < 1.29 is 43.4 Å².